The smallest absolute Gasteiger partial charge is 0.413 e. The summed E-state index contributed by atoms with van der Waals surface area (Å²) in [5.74, 6) is 0.859. The maximum atomic E-state index is 6.94. The largest absolute Gasteiger partial charge is 0.508 e. The summed E-state index contributed by atoms with van der Waals surface area (Å²) < 4.78 is 20.3. The van der Waals surface area contributed by atoms with Crippen molar-refractivity contribution in [3.8, 4) is 0 Å². The number of hydrogen-bond acceptors (Lipinski definition) is 3. The number of rotatable bonds is 14. The summed E-state index contributed by atoms with van der Waals surface area (Å²) in [5.41, 5.74) is 4.59. The van der Waals surface area contributed by atoms with E-state index < -0.39 is 25.4 Å². The molecule has 6 heteroatoms. The summed E-state index contributed by atoms with van der Waals surface area (Å²) in [6.45, 7) is 20.7. The van der Waals surface area contributed by atoms with Crippen LogP contribution in [0.1, 0.15) is 50.2 Å². The zero-order valence-electron chi connectivity index (χ0n) is 21.8. The summed E-state index contributed by atoms with van der Waals surface area (Å²) in [6.07, 6.45) is 0.931. The SMILES string of the molecule is C=C[Si](OCCC)(O[Si](C)(C)CC(C)c1ccccc1)O[Si](C)(C)CC(C)c1ccccc1. The average Bonchev–Trinajstić information content (AvgIpc) is 2.77. The van der Waals surface area contributed by atoms with Crippen LogP contribution in [0.2, 0.25) is 38.3 Å². The summed E-state index contributed by atoms with van der Waals surface area (Å²) in [4.78, 5) is 0. The molecule has 0 heterocycles. The quantitative estimate of drug-likeness (QED) is 0.245. The van der Waals surface area contributed by atoms with Gasteiger partial charge in [-0.2, -0.15) is 0 Å². The molecular weight excluding hydrogens is 457 g/mol. The molecule has 0 aliphatic heterocycles. The highest BCUT2D eigenvalue weighted by Crippen LogP contribution is 2.34. The topological polar surface area (TPSA) is 27.7 Å². The van der Waals surface area contributed by atoms with Crippen LogP contribution in [0.5, 0.6) is 0 Å². The fourth-order valence-electron chi connectivity index (χ4n) is 4.59. The van der Waals surface area contributed by atoms with E-state index in [2.05, 4.69) is 114 Å². The van der Waals surface area contributed by atoms with Gasteiger partial charge in [0.05, 0.1) is 0 Å². The molecule has 0 saturated carbocycles. The van der Waals surface area contributed by atoms with Gasteiger partial charge in [0, 0.05) is 6.61 Å². The first-order valence-corrected chi connectivity index (χ1v) is 20.3. The van der Waals surface area contributed by atoms with Gasteiger partial charge in [0.25, 0.3) is 0 Å². The van der Waals surface area contributed by atoms with E-state index in [-0.39, 0.29) is 0 Å². The average molecular weight is 501 g/mol. The molecule has 0 aliphatic rings. The molecule has 0 aromatic heterocycles. The summed E-state index contributed by atoms with van der Waals surface area (Å²) in [6, 6.07) is 23.4. The molecule has 0 bridgehead atoms. The lowest BCUT2D eigenvalue weighted by molar-refractivity contribution is 0.172. The monoisotopic (exact) mass is 500 g/mol. The van der Waals surface area contributed by atoms with Crippen molar-refractivity contribution >= 4 is 25.4 Å². The second-order valence-electron chi connectivity index (χ2n) is 10.4. The van der Waals surface area contributed by atoms with Gasteiger partial charge in [0.1, 0.15) is 0 Å². The molecular formula is C27H44O3Si3. The third-order valence-electron chi connectivity index (χ3n) is 5.93. The lowest BCUT2D eigenvalue weighted by Gasteiger charge is -2.41. The lowest BCUT2D eigenvalue weighted by atomic mass is 10.0. The van der Waals surface area contributed by atoms with Crippen LogP contribution in [-0.2, 0) is 12.7 Å². The highest BCUT2D eigenvalue weighted by atomic mass is 28.5. The molecule has 0 spiro atoms. The Morgan fingerprint density at radius 1 is 0.758 bits per heavy atom. The van der Waals surface area contributed by atoms with Gasteiger partial charge in [-0.3, -0.25) is 0 Å². The molecule has 0 N–H and O–H groups in total. The van der Waals surface area contributed by atoms with Crippen LogP contribution in [0.4, 0.5) is 0 Å². The van der Waals surface area contributed by atoms with E-state index in [4.69, 9.17) is 12.7 Å². The van der Waals surface area contributed by atoms with Crippen molar-refractivity contribution in [2.45, 2.75) is 77.3 Å². The van der Waals surface area contributed by atoms with Crippen LogP contribution in [0.3, 0.4) is 0 Å². The van der Waals surface area contributed by atoms with E-state index in [9.17, 15) is 0 Å². The molecule has 0 fully saturated rings. The molecule has 182 valence electrons. The third kappa shape index (κ3) is 9.11. The van der Waals surface area contributed by atoms with Gasteiger partial charge in [-0.05, 0) is 73.4 Å². The minimum Gasteiger partial charge on any atom is -0.413 e. The van der Waals surface area contributed by atoms with Crippen LogP contribution in [0.15, 0.2) is 72.9 Å². The first-order valence-electron chi connectivity index (χ1n) is 12.3. The lowest BCUT2D eigenvalue weighted by Crippen LogP contribution is -2.57. The predicted octanol–water partition coefficient (Wildman–Crippen LogP) is 8.13. The fraction of sp³-hybridized carbons (Fsp3) is 0.481. The Balaban J connectivity index is 2.18. The van der Waals surface area contributed by atoms with Crippen molar-refractivity contribution in [3.05, 3.63) is 84.1 Å². The predicted molar refractivity (Wildman–Crippen MR) is 149 cm³/mol. The van der Waals surface area contributed by atoms with Crippen LogP contribution in [-0.4, -0.2) is 32.0 Å². The van der Waals surface area contributed by atoms with Crippen LogP contribution >= 0.6 is 0 Å². The summed E-state index contributed by atoms with van der Waals surface area (Å²) in [7, 11) is -7.20. The number of benzene rings is 2. The van der Waals surface area contributed by atoms with E-state index in [0.29, 0.717) is 18.4 Å². The third-order valence-corrected chi connectivity index (χ3v) is 16.9. The minimum atomic E-state index is -3.01. The van der Waals surface area contributed by atoms with Gasteiger partial charge in [0.2, 0.25) is 0 Å². The van der Waals surface area contributed by atoms with E-state index in [0.717, 1.165) is 18.5 Å². The Morgan fingerprint density at radius 2 is 1.15 bits per heavy atom. The Hall–Kier alpha value is -1.29. The Bertz CT molecular complexity index is 779. The highest BCUT2D eigenvalue weighted by Gasteiger charge is 2.48. The molecule has 2 aromatic rings. The van der Waals surface area contributed by atoms with E-state index in [1.807, 2.05) is 5.70 Å². The molecule has 0 aliphatic carbocycles. The zero-order chi connectivity index (χ0) is 24.5. The molecule has 2 unspecified atom stereocenters. The van der Waals surface area contributed by atoms with Gasteiger partial charge in [-0.1, -0.05) is 88.0 Å². The van der Waals surface area contributed by atoms with Crippen molar-refractivity contribution < 1.29 is 12.7 Å². The van der Waals surface area contributed by atoms with Gasteiger partial charge in [-0.25, -0.2) is 0 Å². The summed E-state index contributed by atoms with van der Waals surface area (Å²) in [5, 5.41) is 0. The Morgan fingerprint density at radius 3 is 1.48 bits per heavy atom. The minimum absolute atomic E-state index is 0.430. The van der Waals surface area contributed by atoms with Crippen molar-refractivity contribution in [3.63, 3.8) is 0 Å². The van der Waals surface area contributed by atoms with Gasteiger partial charge >= 0.3 is 8.80 Å². The number of hydrogen-bond donors (Lipinski definition) is 0. The van der Waals surface area contributed by atoms with E-state index >= 15 is 0 Å². The van der Waals surface area contributed by atoms with Gasteiger partial charge in [-0.15, -0.1) is 0 Å². The molecule has 0 amide bonds. The molecule has 3 nitrogen and oxygen atoms in total. The standard InChI is InChI=1S/C27H44O3Si3/c1-9-21-28-33(10-2,29-31(5,6)22-24(3)26-17-13-11-14-18-26)30-32(7,8)23-25(4)27-19-15-12-16-20-27/h10-20,24-25H,2,9,21-23H2,1,3-8H3. The molecule has 0 radical (unpaired) electrons. The molecule has 2 rings (SSSR count). The fourth-order valence-corrected chi connectivity index (χ4v) is 17.1. The normalized spacial score (nSPS) is 16.1. The van der Waals surface area contributed by atoms with Crippen molar-refractivity contribution in [2.75, 3.05) is 6.61 Å². The first kappa shape index (κ1) is 28.0. The maximum Gasteiger partial charge on any atom is 0.508 e. The molecule has 0 saturated heterocycles. The van der Waals surface area contributed by atoms with Crippen LogP contribution in [0.25, 0.3) is 0 Å². The van der Waals surface area contributed by atoms with Crippen molar-refractivity contribution in [1.29, 1.82) is 0 Å². The first-order chi connectivity index (χ1) is 15.5. The molecule has 2 aromatic carbocycles. The molecule has 2 atom stereocenters. The molecule has 33 heavy (non-hydrogen) atoms. The maximum absolute atomic E-state index is 6.94. The van der Waals surface area contributed by atoms with Gasteiger partial charge in [0.15, 0.2) is 16.6 Å². The van der Waals surface area contributed by atoms with Crippen molar-refractivity contribution in [2.24, 2.45) is 0 Å². The van der Waals surface area contributed by atoms with E-state index in [1.54, 1.807) is 0 Å². The second kappa shape index (κ2) is 12.4. The van der Waals surface area contributed by atoms with Crippen LogP contribution in [0, 0.1) is 0 Å². The highest BCUT2D eigenvalue weighted by molar-refractivity contribution is 6.88. The second-order valence-corrected chi connectivity index (χ2v) is 21.8. The zero-order valence-corrected chi connectivity index (χ0v) is 24.8. The van der Waals surface area contributed by atoms with Gasteiger partial charge < -0.3 is 12.7 Å². The van der Waals surface area contributed by atoms with Crippen molar-refractivity contribution in [1.82, 2.24) is 0 Å². The summed E-state index contributed by atoms with van der Waals surface area (Å²) >= 11 is 0. The Kier molecular flexibility index (Phi) is 10.5. The van der Waals surface area contributed by atoms with Crippen LogP contribution < -0.4 is 0 Å². The van der Waals surface area contributed by atoms with E-state index in [1.165, 1.54) is 11.1 Å². The Labute approximate surface area is 205 Å².